The number of Topliss-reactive ketones (excluding diaryl/α,β-unsaturated/α-hetero) is 1. The molecule has 2 N–H and O–H groups in total. The van der Waals surface area contributed by atoms with Gasteiger partial charge >= 0.3 is 0 Å². The largest absolute Gasteiger partial charge is 0.375 e. The maximum atomic E-state index is 12.6. The van der Waals surface area contributed by atoms with Crippen molar-refractivity contribution in [1.82, 2.24) is 0 Å². The zero-order chi connectivity index (χ0) is 17.3. The summed E-state index contributed by atoms with van der Waals surface area (Å²) in [7, 11) is 0. The quantitative estimate of drug-likeness (QED) is 0.766. The van der Waals surface area contributed by atoms with Crippen LogP contribution in [0.15, 0.2) is 46.9 Å². The predicted molar refractivity (Wildman–Crippen MR) is 96.1 cm³/mol. The maximum Gasteiger partial charge on any atom is 0.261 e. The Morgan fingerprint density at radius 1 is 1.21 bits per heavy atom. The number of carbonyl (C=O) groups is 2. The van der Waals surface area contributed by atoms with Crippen LogP contribution < -0.4 is 5.32 Å². The zero-order valence-electron chi connectivity index (χ0n) is 13.3. The Labute approximate surface area is 149 Å². The molecule has 1 aliphatic heterocycles. The zero-order valence-corrected chi connectivity index (χ0v) is 14.9. The molecule has 1 aliphatic rings. The van der Waals surface area contributed by atoms with Crippen LogP contribution in [-0.4, -0.2) is 16.8 Å². The first kappa shape index (κ1) is 16.9. The molecule has 2 aromatic carbocycles. The molecule has 0 saturated carbocycles. The third kappa shape index (κ3) is 3.01. The summed E-state index contributed by atoms with van der Waals surface area (Å²) < 4.78 is 0.743. The average molecular weight is 388 g/mol. The first-order valence-corrected chi connectivity index (χ1v) is 8.69. The van der Waals surface area contributed by atoms with Gasteiger partial charge in [0.15, 0.2) is 11.4 Å². The number of nitrogens with one attached hydrogen (secondary N) is 1. The van der Waals surface area contributed by atoms with Gasteiger partial charge in [0, 0.05) is 21.3 Å². The summed E-state index contributed by atoms with van der Waals surface area (Å²) in [5, 5.41) is 13.5. The second kappa shape index (κ2) is 6.49. The predicted octanol–water partition coefficient (Wildman–Crippen LogP) is 3.81. The molecule has 1 amide bonds. The Kier molecular flexibility index (Phi) is 4.56. The number of ketones is 1. The highest BCUT2D eigenvalue weighted by atomic mass is 79.9. The van der Waals surface area contributed by atoms with E-state index in [-0.39, 0.29) is 12.2 Å². The minimum atomic E-state index is -1.84. The standard InChI is InChI=1S/C19H18BrNO3/c1-2-3-12-4-6-13(7-5-12)17(22)11-19(24)15-10-14(20)8-9-16(15)21-18(19)23/h4-10,24H,2-3,11H2,1H3,(H,21,23)/t19-/m0/s1. The lowest BCUT2D eigenvalue weighted by atomic mass is 9.88. The summed E-state index contributed by atoms with van der Waals surface area (Å²) in [6.45, 7) is 2.10. The van der Waals surface area contributed by atoms with Crippen molar-refractivity contribution in [2.75, 3.05) is 5.32 Å². The minimum absolute atomic E-state index is 0.261. The summed E-state index contributed by atoms with van der Waals surface area (Å²) in [6, 6.07) is 12.5. The number of fused-ring (bicyclic) bond motifs is 1. The van der Waals surface area contributed by atoms with E-state index < -0.39 is 11.5 Å². The Morgan fingerprint density at radius 2 is 1.92 bits per heavy atom. The van der Waals surface area contributed by atoms with Crippen molar-refractivity contribution in [3.05, 3.63) is 63.6 Å². The first-order chi connectivity index (χ1) is 11.4. The number of amides is 1. The van der Waals surface area contributed by atoms with E-state index in [1.807, 2.05) is 12.1 Å². The van der Waals surface area contributed by atoms with Crippen molar-refractivity contribution in [3.8, 4) is 0 Å². The topological polar surface area (TPSA) is 66.4 Å². The summed E-state index contributed by atoms with van der Waals surface area (Å²) in [6.07, 6.45) is 1.72. The van der Waals surface area contributed by atoms with Crippen LogP contribution in [0, 0.1) is 0 Å². The number of rotatable bonds is 5. The molecule has 0 bridgehead atoms. The van der Waals surface area contributed by atoms with Crippen molar-refractivity contribution >= 4 is 33.3 Å². The summed E-state index contributed by atoms with van der Waals surface area (Å²) in [5.74, 6) is -0.824. The van der Waals surface area contributed by atoms with Crippen molar-refractivity contribution in [2.45, 2.75) is 31.8 Å². The van der Waals surface area contributed by atoms with Crippen LogP contribution in [0.3, 0.4) is 0 Å². The molecule has 2 aromatic rings. The third-order valence-corrected chi connectivity index (χ3v) is 4.78. The van der Waals surface area contributed by atoms with Crippen LogP contribution in [0.25, 0.3) is 0 Å². The number of hydrogen-bond donors (Lipinski definition) is 2. The molecular weight excluding hydrogens is 370 g/mol. The van der Waals surface area contributed by atoms with Gasteiger partial charge in [-0.15, -0.1) is 0 Å². The summed E-state index contributed by atoms with van der Waals surface area (Å²) >= 11 is 3.34. The Hall–Kier alpha value is -1.98. The van der Waals surface area contributed by atoms with Gasteiger partial charge in [-0.1, -0.05) is 53.5 Å². The molecule has 0 saturated heterocycles. The monoisotopic (exact) mass is 387 g/mol. The number of anilines is 1. The van der Waals surface area contributed by atoms with Crippen LogP contribution in [0.5, 0.6) is 0 Å². The highest BCUT2D eigenvalue weighted by molar-refractivity contribution is 9.10. The van der Waals surface area contributed by atoms with Crippen LogP contribution in [0.4, 0.5) is 5.69 Å². The normalized spacial score (nSPS) is 19.0. The number of hydrogen-bond acceptors (Lipinski definition) is 3. The van der Waals surface area contributed by atoms with Crippen LogP contribution in [-0.2, 0) is 16.8 Å². The molecule has 0 aliphatic carbocycles. The number of halogens is 1. The number of benzene rings is 2. The lowest BCUT2D eigenvalue weighted by molar-refractivity contribution is -0.133. The number of carbonyl (C=O) groups excluding carboxylic acids is 2. The number of aryl methyl sites for hydroxylation is 1. The summed E-state index contributed by atoms with van der Waals surface area (Å²) in [5.41, 5.74) is 0.799. The molecule has 0 fully saturated rings. The van der Waals surface area contributed by atoms with E-state index in [0.717, 1.165) is 17.3 Å². The van der Waals surface area contributed by atoms with Crippen molar-refractivity contribution in [2.24, 2.45) is 0 Å². The molecule has 1 heterocycles. The van der Waals surface area contributed by atoms with Gasteiger partial charge in [-0.25, -0.2) is 0 Å². The van der Waals surface area contributed by atoms with Gasteiger partial charge in [0.05, 0.1) is 6.42 Å². The van der Waals surface area contributed by atoms with E-state index in [9.17, 15) is 14.7 Å². The van der Waals surface area contributed by atoms with Gasteiger partial charge in [-0.2, -0.15) is 0 Å². The lowest BCUT2D eigenvalue weighted by Gasteiger charge is -2.20. The van der Waals surface area contributed by atoms with E-state index in [1.54, 1.807) is 30.3 Å². The smallest absolute Gasteiger partial charge is 0.261 e. The van der Waals surface area contributed by atoms with Gasteiger partial charge in [-0.3, -0.25) is 9.59 Å². The number of aliphatic hydroxyl groups is 1. The van der Waals surface area contributed by atoms with Crippen molar-refractivity contribution < 1.29 is 14.7 Å². The van der Waals surface area contributed by atoms with Gasteiger partial charge in [0.1, 0.15) is 0 Å². The molecule has 0 spiro atoms. The van der Waals surface area contributed by atoms with Gasteiger partial charge in [0.2, 0.25) is 0 Å². The SMILES string of the molecule is CCCc1ccc(C(=O)C[C@@]2(O)C(=O)Nc3ccc(Br)cc32)cc1. The maximum absolute atomic E-state index is 12.6. The molecule has 3 rings (SSSR count). The van der Waals surface area contributed by atoms with E-state index in [2.05, 4.69) is 28.2 Å². The lowest BCUT2D eigenvalue weighted by Crippen LogP contribution is -2.36. The second-order valence-electron chi connectivity index (χ2n) is 6.05. The molecule has 5 heteroatoms. The fourth-order valence-corrected chi connectivity index (χ4v) is 3.33. The molecule has 1 atom stereocenters. The fourth-order valence-electron chi connectivity index (χ4n) is 2.97. The average Bonchev–Trinajstić information content (AvgIpc) is 2.79. The molecular formula is C19H18BrNO3. The van der Waals surface area contributed by atoms with Gasteiger partial charge in [-0.05, 0) is 30.2 Å². The van der Waals surface area contributed by atoms with Gasteiger partial charge < -0.3 is 10.4 Å². The fraction of sp³-hybridized carbons (Fsp3) is 0.263. The minimum Gasteiger partial charge on any atom is -0.375 e. The molecule has 0 unspecified atom stereocenters. The van der Waals surface area contributed by atoms with E-state index >= 15 is 0 Å². The molecule has 0 aromatic heterocycles. The Bertz CT molecular complexity index is 801. The molecule has 4 nitrogen and oxygen atoms in total. The van der Waals surface area contributed by atoms with E-state index in [1.165, 1.54) is 5.56 Å². The van der Waals surface area contributed by atoms with Crippen molar-refractivity contribution in [1.29, 1.82) is 0 Å². The van der Waals surface area contributed by atoms with Crippen LogP contribution in [0.1, 0.15) is 41.3 Å². The Morgan fingerprint density at radius 3 is 2.58 bits per heavy atom. The van der Waals surface area contributed by atoms with Crippen LogP contribution >= 0.6 is 15.9 Å². The third-order valence-electron chi connectivity index (χ3n) is 4.28. The summed E-state index contributed by atoms with van der Waals surface area (Å²) in [4.78, 5) is 24.8. The second-order valence-corrected chi connectivity index (χ2v) is 6.97. The molecule has 0 radical (unpaired) electrons. The highest BCUT2D eigenvalue weighted by Crippen LogP contribution is 2.40. The van der Waals surface area contributed by atoms with E-state index in [4.69, 9.17) is 0 Å². The Balaban J connectivity index is 1.86. The molecule has 124 valence electrons. The van der Waals surface area contributed by atoms with Crippen LogP contribution in [0.2, 0.25) is 0 Å². The van der Waals surface area contributed by atoms with Crippen molar-refractivity contribution in [3.63, 3.8) is 0 Å². The van der Waals surface area contributed by atoms with E-state index in [0.29, 0.717) is 16.8 Å². The molecule has 24 heavy (non-hydrogen) atoms. The van der Waals surface area contributed by atoms with Gasteiger partial charge in [0.25, 0.3) is 5.91 Å². The highest BCUT2D eigenvalue weighted by Gasteiger charge is 2.46. The first-order valence-electron chi connectivity index (χ1n) is 7.90.